The van der Waals surface area contributed by atoms with Crippen molar-refractivity contribution in [3.8, 4) is 28.9 Å². The number of pyridine rings is 2. The molecule has 5 aromatic rings. The van der Waals surface area contributed by atoms with Gasteiger partial charge in [-0.2, -0.15) is 23.1 Å². The molecule has 3 aromatic heterocycles. The molecule has 3 saturated heterocycles. The molecule has 1 unspecified atom stereocenters. The molecule has 74 heavy (non-hydrogen) atoms. The monoisotopic (exact) mass is 1050 g/mol. The number of amides is 1. The first-order chi connectivity index (χ1) is 34.7. The van der Waals surface area contributed by atoms with E-state index in [4.69, 9.17) is 34.1 Å². The molecule has 2 N–H and O–H groups in total. The first kappa shape index (κ1) is 54.4. The quantitative estimate of drug-likeness (QED) is 0.0783. The third-order valence-corrected chi connectivity index (χ3v) is 19.8. The summed E-state index contributed by atoms with van der Waals surface area (Å²) < 4.78 is 110. The maximum Gasteiger partial charge on any atom is 0.418 e. The van der Waals surface area contributed by atoms with Crippen LogP contribution in [0.15, 0.2) is 60.8 Å². The summed E-state index contributed by atoms with van der Waals surface area (Å²) in [6, 6.07) is 15.0. The summed E-state index contributed by atoms with van der Waals surface area (Å²) in [5.74, 6) is 0.303. The van der Waals surface area contributed by atoms with Crippen molar-refractivity contribution >= 4 is 36.9 Å². The molecule has 2 aromatic carbocycles. The number of carbonyl (C=O) groups excluding carboxylic acids is 1. The number of ether oxygens (including phenoxy) is 4. The molecule has 0 saturated carbocycles. The zero-order valence-corrected chi connectivity index (χ0v) is 45.2. The van der Waals surface area contributed by atoms with E-state index in [1.807, 2.05) is 49.9 Å². The van der Waals surface area contributed by atoms with E-state index in [0.717, 1.165) is 17.5 Å². The number of methoxy groups -OCH3 is 2. The van der Waals surface area contributed by atoms with E-state index < -0.39 is 78.7 Å². The number of halogens is 5. The predicted molar refractivity (Wildman–Crippen MR) is 276 cm³/mol. The second kappa shape index (κ2) is 20.7. The van der Waals surface area contributed by atoms with Crippen LogP contribution in [0, 0.1) is 18.2 Å². The Morgan fingerprint density at radius 2 is 1.53 bits per heavy atom. The lowest BCUT2D eigenvalue weighted by Gasteiger charge is -2.51. The minimum atomic E-state index is -5.00. The van der Waals surface area contributed by atoms with Crippen LogP contribution in [0.25, 0.3) is 22.3 Å². The molecule has 0 radical (unpaired) electrons. The maximum absolute atomic E-state index is 18.1. The zero-order valence-electron chi connectivity index (χ0n) is 44.2. The number of hydrogen-bond acceptors (Lipinski definition) is 13. The van der Waals surface area contributed by atoms with Gasteiger partial charge < -0.3 is 38.9 Å². The number of nitrogens with zero attached hydrogens (tertiary/aromatic N) is 7. The van der Waals surface area contributed by atoms with Crippen molar-refractivity contribution in [2.75, 3.05) is 50.3 Å². The number of aromatic nitrogens is 4. The highest BCUT2D eigenvalue weighted by Crippen LogP contribution is 2.46. The molecule has 6 heterocycles. The first-order valence-electron chi connectivity index (χ1n) is 25.1. The van der Waals surface area contributed by atoms with Crippen LogP contribution in [-0.2, 0) is 28.4 Å². The molecule has 400 valence electrons. The number of anilines is 2. The Kier molecular flexibility index (Phi) is 15.2. The van der Waals surface area contributed by atoms with E-state index in [0.29, 0.717) is 24.5 Å². The fourth-order valence-electron chi connectivity index (χ4n) is 10.8. The van der Waals surface area contributed by atoms with Crippen LogP contribution in [0.2, 0.25) is 18.1 Å². The highest BCUT2D eigenvalue weighted by atomic mass is 28.4. The molecular formula is C54H69F5N8O6Si. The lowest BCUT2D eigenvalue weighted by Crippen LogP contribution is -2.62. The first-order valence-corrected chi connectivity index (χ1v) is 28.0. The fourth-order valence-corrected chi connectivity index (χ4v) is 12.1. The van der Waals surface area contributed by atoms with Gasteiger partial charge in [0, 0.05) is 45.2 Å². The summed E-state index contributed by atoms with van der Waals surface area (Å²) in [6.45, 7) is 19.2. The van der Waals surface area contributed by atoms with Gasteiger partial charge in [0.2, 0.25) is 0 Å². The third-order valence-electron chi connectivity index (χ3n) is 15.3. The normalized spacial score (nSPS) is 21.7. The molecule has 0 spiro atoms. The van der Waals surface area contributed by atoms with Crippen molar-refractivity contribution < 1.29 is 50.1 Å². The lowest BCUT2D eigenvalue weighted by atomic mass is 9.78. The van der Waals surface area contributed by atoms with Crippen LogP contribution in [0.5, 0.6) is 17.5 Å². The third kappa shape index (κ3) is 11.4. The molecule has 20 heteroatoms. The van der Waals surface area contributed by atoms with Crippen LogP contribution in [0.3, 0.4) is 0 Å². The fraction of sp³-hybridized carbons (Fsp3) is 0.537. The molecule has 3 aliphatic heterocycles. The van der Waals surface area contributed by atoms with Gasteiger partial charge in [0.1, 0.15) is 58.9 Å². The summed E-state index contributed by atoms with van der Waals surface area (Å²) in [5.41, 5.74) is 2.83. The number of carbonyl (C=O) groups is 1. The summed E-state index contributed by atoms with van der Waals surface area (Å²) in [6.07, 6.45) is -5.21. The summed E-state index contributed by atoms with van der Waals surface area (Å²) in [7, 11) is 0.613. The van der Waals surface area contributed by atoms with Gasteiger partial charge in [0.15, 0.2) is 14.1 Å². The summed E-state index contributed by atoms with van der Waals surface area (Å²) >= 11 is 0. The highest BCUT2D eigenvalue weighted by molar-refractivity contribution is 6.74. The van der Waals surface area contributed by atoms with Gasteiger partial charge in [-0.15, -0.1) is 0 Å². The lowest BCUT2D eigenvalue weighted by molar-refractivity contribution is -0.137. The van der Waals surface area contributed by atoms with Crippen molar-refractivity contribution in [3.63, 3.8) is 0 Å². The molecule has 14 nitrogen and oxygen atoms in total. The molecule has 3 aliphatic rings. The van der Waals surface area contributed by atoms with Crippen molar-refractivity contribution in [1.29, 1.82) is 0 Å². The second-order valence-corrected chi connectivity index (χ2v) is 27.4. The molecule has 1 amide bonds. The van der Waals surface area contributed by atoms with Gasteiger partial charge in [-0.3, -0.25) is 9.88 Å². The summed E-state index contributed by atoms with van der Waals surface area (Å²) in [5, 5.41) is -0.162. The second-order valence-electron chi connectivity index (χ2n) is 22.6. The average Bonchev–Trinajstić information content (AvgIpc) is 3.84. The van der Waals surface area contributed by atoms with Gasteiger partial charge in [-0.1, -0.05) is 65.8 Å². The minimum Gasteiger partial charge on any atom is -0.497 e. The minimum absolute atomic E-state index is 0.0234. The molecule has 0 aliphatic carbocycles. The van der Waals surface area contributed by atoms with E-state index in [1.54, 1.807) is 43.4 Å². The Balaban J connectivity index is 1.32. The number of aryl methyl sites for hydroxylation is 1. The molecular weight excluding hydrogens is 980 g/mol. The summed E-state index contributed by atoms with van der Waals surface area (Å²) in [4.78, 5) is 37.2. The Morgan fingerprint density at radius 1 is 0.905 bits per heavy atom. The van der Waals surface area contributed by atoms with E-state index in [9.17, 15) is 4.79 Å². The topological polar surface area (TPSA) is 151 Å². The largest absolute Gasteiger partial charge is 0.497 e. The van der Waals surface area contributed by atoms with Crippen molar-refractivity contribution in [3.05, 3.63) is 88.9 Å². The van der Waals surface area contributed by atoms with E-state index in [2.05, 4.69) is 53.7 Å². The van der Waals surface area contributed by atoms with Crippen molar-refractivity contribution in [2.45, 2.75) is 142 Å². The van der Waals surface area contributed by atoms with Gasteiger partial charge in [-0.05, 0) is 96.9 Å². The maximum atomic E-state index is 18.1. The van der Waals surface area contributed by atoms with Crippen molar-refractivity contribution in [2.24, 2.45) is 11.1 Å². The van der Waals surface area contributed by atoms with Gasteiger partial charge in [-0.25, -0.2) is 18.6 Å². The van der Waals surface area contributed by atoms with E-state index in [-0.39, 0.29) is 84.8 Å². The Morgan fingerprint density at radius 3 is 2.08 bits per heavy atom. The average molecular weight is 1050 g/mol. The van der Waals surface area contributed by atoms with Crippen LogP contribution in [-0.4, -0.2) is 110 Å². The van der Waals surface area contributed by atoms with E-state index >= 15 is 22.0 Å². The number of rotatable bonds is 15. The number of benzene rings is 2. The predicted octanol–water partition coefficient (Wildman–Crippen LogP) is 11.2. The van der Waals surface area contributed by atoms with Crippen LogP contribution in [0.4, 0.5) is 38.4 Å². The van der Waals surface area contributed by atoms with Crippen LogP contribution < -0.4 is 29.7 Å². The number of primary amides is 1. The highest BCUT2D eigenvalue weighted by Gasteiger charge is 2.51. The molecule has 5 atom stereocenters. The SMILES string of the molecule is COc1ccc(CN(Cc2ccc(OC)cc2)c2cc(C)c(C(F)(F)F)c(-c3ncc4c(N5C[C@@H](O[Si](C)(C)C(C)(C)C)C[C@H](OC(N)=O)C5C(C)(C)C)nc(OC[C@@]56CCCN5C[C@H](F)C6)nc4c3F)n2)cc1. The molecule has 3 fully saturated rings. The molecule has 0 bridgehead atoms. The number of alkyl halides is 4. The number of fused-ring (bicyclic) bond motifs is 2. The van der Waals surface area contributed by atoms with Gasteiger partial charge in [0.25, 0.3) is 0 Å². The number of piperidine rings is 1. The smallest absolute Gasteiger partial charge is 0.418 e. The van der Waals surface area contributed by atoms with Gasteiger partial charge >= 0.3 is 18.3 Å². The standard InChI is InChI=1S/C54H69F5N8O6Si/c1-32-23-41(65(27-33-13-17-36(69-8)18-14-33)28-34-15-19-37(70-9)20-16-34)62-45(42(32)54(57,58)59)46-43(56)44-39(26-61-46)48(64-50(63-44)71-31-53-21-12-22-66(53)29-35(55)25-53)67-30-38(73-74(10,11)52(5,6)7)24-40(72-49(60)68)47(67)51(2,3)4/h13-20,23,26,35,38,40,47H,12,21-22,24-25,27-31H2,1-11H3,(H2,60,68)/t35-,38+,40+,47?,53+/m1/s1. The van der Waals surface area contributed by atoms with E-state index in [1.165, 1.54) is 19.2 Å². The Hall–Kier alpha value is -5.86. The number of nitrogens with two attached hydrogens (primary N) is 1. The molecule has 8 rings (SSSR count). The van der Waals surface area contributed by atoms with Crippen molar-refractivity contribution in [1.82, 2.24) is 24.8 Å². The van der Waals surface area contributed by atoms with Crippen LogP contribution in [0.1, 0.15) is 89.5 Å². The van der Waals surface area contributed by atoms with Gasteiger partial charge in [0.05, 0.1) is 42.9 Å². The van der Waals surface area contributed by atoms with Crippen LogP contribution >= 0.6 is 0 Å². The zero-order chi connectivity index (χ0) is 53.7. The Labute approximate surface area is 431 Å². The Bertz CT molecular complexity index is 2780. The number of hydrogen-bond donors (Lipinski definition) is 1.